The zero-order chi connectivity index (χ0) is 27.1. The van der Waals surface area contributed by atoms with Crippen LogP contribution in [0, 0.1) is 0 Å². The number of hydrogen-bond donors (Lipinski definition) is 2. The molecule has 0 bridgehead atoms. The molecule has 0 saturated carbocycles. The lowest BCUT2D eigenvalue weighted by Gasteiger charge is -2.16. The second-order valence-electron chi connectivity index (χ2n) is 8.43. The molecule has 0 fully saturated rings. The highest BCUT2D eigenvalue weighted by Gasteiger charge is 2.19. The van der Waals surface area contributed by atoms with E-state index < -0.39 is 11.9 Å². The first kappa shape index (κ1) is 27.4. The van der Waals surface area contributed by atoms with Gasteiger partial charge in [0.2, 0.25) is 17.7 Å². The van der Waals surface area contributed by atoms with Gasteiger partial charge >= 0.3 is 0 Å². The van der Waals surface area contributed by atoms with Crippen molar-refractivity contribution in [2.24, 2.45) is 5.73 Å². The van der Waals surface area contributed by atoms with Crippen molar-refractivity contribution < 1.29 is 14.3 Å². The minimum atomic E-state index is -0.847. The minimum Gasteiger partial charge on any atom is -0.478 e. The summed E-state index contributed by atoms with van der Waals surface area (Å²) in [6.45, 7) is 0.225. The maximum Gasteiger partial charge on any atom is 0.240 e. The Hall–Kier alpha value is -3.59. The van der Waals surface area contributed by atoms with Crippen molar-refractivity contribution in [3.63, 3.8) is 0 Å². The molecule has 4 aromatic rings. The second kappa shape index (κ2) is 12.8. The molecule has 3 N–H and O–H groups in total. The molecule has 0 aliphatic heterocycles. The highest BCUT2D eigenvalue weighted by Crippen LogP contribution is 2.29. The van der Waals surface area contributed by atoms with E-state index in [2.05, 4.69) is 15.4 Å². The summed E-state index contributed by atoms with van der Waals surface area (Å²) < 4.78 is 7.60. The van der Waals surface area contributed by atoms with E-state index in [1.165, 1.54) is 0 Å². The molecule has 11 heteroatoms. The zero-order valence-electron chi connectivity index (χ0n) is 20.1. The number of halogens is 3. The molecule has 2 aromatic heterocycles. The van der Waals surface area contributed by atoms with E-state index in [4.69, 9.17) is 45.3 Å². The minimum absolute atomic E-state index is 0.135. The molecular formula is C27H24Cl3N5O3. The van der Waals surface area contributed by atoms with E-state index >= 15 is 0 Å². The number of nitrogens with two attached hydrogens (primary N) is 1. The highest BCUT2D eigenvalue weighted by atomic mass is 35.5. The Balaban J connectivity index is 1.39. The lowest BCUT2D eigenvalue weighted by atomic mass is 10.1. The Morgan fingerprint density at radius 1 is 1.03 bits per heavy atom. The van der Waals surface area contributed by atoms with Gasteiger partial charge in [0.15, 0.2) is 0 Å². The molecular weight excluding hydrogens is 549 g/mol. The first-order valence-electron chi connectivity index (χ1n) is 11.7. The van der Waals surface area contributed by atoms with Crippen LogP contribution in [0.15, 0.2) is 73.1 Å². The third kappa shape index (κ3) is 7.25. The lowest BCUT2D eigenvalue weighted by molar-refractivity contribution is -0.127. The van der Waals surface area contributed by atoms with Crippen molar-refractivity contribution in [2.45, 2.75) is 25.3 Å². The van der Waals surface area contributed by atoms with Crippen molar-refractivity contribution in [3.8, 4) is 22.8 Å². The summed E-state index contributed by atoms with van der Waals surface area (Å²) in [5, 5.41) is 8.69. The number of ether oxygens (including phenoxy) is 1. The molecule has 0 spiro atoms. The van der Waals surface area contributed by atoms with Crippen molar-refractivity contribution in [3.05, 3.63) is 93.7 Å². The van der Waals surface area contributed by atoms with Gasteiger partial charge in [0.25, 0.3) is 0 Å². The van der Waals surface area contributed by atoms with Gasteiger partial charge in [-0.3, -0.25) is 14.6 Å². The third-order valence-corrected chi connectivity index (χ3v) is 6.56. The van der Waals surface area contributed by atoms with Crippen molar-refractivity contribution >= 4 is 46.6 Å². The quantitative estimate of drug-likeness (QED) is 0.238. The molecule has 0 aliphatic carbocycles. The molecule has 0 aliphatic rings. The van der Waals surface area contributed by atoms with E-state index in [9.17, 15) is 9.59 Å². The lowest BCUT2D eigenvalue weighted by Crippen LogP contribution is -2.45. The van der Waals surface area contributed by atoms with E-state index in [1.807, 2.05) is 18.2 Å². The maximum absolute atomic E-state index is 12.5. The van der Waals surface area contributed by atoms with Crippen LogP contribution in [0.3, 0.4) is 0 Å². The molecule has 8 nitrogen and oxygen atoms in total. The number of rotatable bonds is 11. The van der Waals surface area contributed by atoms with Crippen LogP contribution < -0.4 is 15.8 Å². The molecule has 38 heavy (non-hydrogen) atoms. The predicted molar refractivity (Wildman–Crippen MR) is 148 cm³/mol. The van der Waals surface area contributed by atoms with Gasteiger partial charge in [-0.1, -0.05) is 46.9 Å². The van der Waals surface area contributed by atoms with Gasteiger partial charge in [-0.05, 0) is 54.4 Å². The predicted octanol–water partition coefficient (Wildman–Crippen LogP) is 5.27. The highest BCUT2D eigenvalue weighted by molar-refractivity contribution is 6.42. The molecule has 1 atom stereocenters. The number of carbonyl (C=O) groups excluding carboxylic acids is 2. The number of amides is 2. The summed E-state index contributed by atoms with van der Waals surface area (Å²) in [5.41, 5.74) is 8.42. The number of nitrogens with one attached hydrogen (secondary N) is 1. The summed E-state index contributed by atoms with van der Waals surface area (Å²) in [5.74, 6) is -0.477. The van der Waals surface area contributed by atoms with Gasteiger partial charge < -0.3 is 15.8 Å². The number of primary amides is 1. The van der Waals surface area contributed by atoms with Crippen molar-refractivity contribution in [1.29, 1.82) is 0 Å². The number of pyridine rings is 1. The van der Waals surface area contributed by atoms with Crippen LogP contribution in [0.1, 0.15) is 18.4 Å². The van der Waals surface area contributed by atoms with Gasteiger partial charge in [-0.2, -0.15) is 5.10 Å². The topological polar surface area (TPSA) is 112 Å². The summed E-state index contributed by atoms with van der Waals surface area (Å²) >= 11 is 18.3. The number of benzene rings is 2. The van der Waals surface area contributed by atoms with Crippen LogP contribution >= 0.6 is 34.8 Å². The van der Waals surface area contributed by atoms with Crippen LogP contribution in [0.25, 0.3) is 16.9 Å². The summed E-state index contributed by atoms with van der Waals surface area (Å²) in [6.07, 6.45) is 4.16. The van der Waals surface area contributed by atoms with Crippen LogP contribution in [0.4, 0.5) is 0 Å². The molecule has 2 aromatic carbocycles. The average molecular weight is 573 g/mol. The third-order valence-electron chi connectivity index (χ3n) is 5.59. The molecule has 0 unspecified atom stereocenters. The Bertz CT molecular complexity index is 1430. The van der Waals surface area contributed by atoms with E-state index in [1.54, 1.807) is 59.5 Å². The summed E-state index contributed by atoms with van der Waals surface area (Å²) in [4.78, 5) is 28.6. The fourth-order valence-corrected chi connectivity index (χ4v) is 4.23. The number of aromatic nitrogens is 3. The van der Waals surface area contributed by atoms with Gasteiger partial charge in [-0.25, -0.2) is 4.68 Å². The molecule has 0 saturated heterocycles. The Labute approximate surface area is 234 Å². The second-order valence-corrected chi connectivity index (χ2v) is 9.68. The van der Waals surface area contributed by atoms with E-state index in [0.29, 0.717) is 38.8 Å². The molecule has 4 rings (SSSR count). The molecule has 0 radical (unpaired) electrons. The molecule has 2 heterocycles. The number of carbonyl (C=O) groups is 2. The molecule has 2 amide bonds. The SMILES string of the molecule is NC(=O)[C@H](Cc1cccc(Cl)c1)NC(=O)CCCOc1cc(-c2cccnc2)nn1-c1ccc(Cl)c(Cl)c1. The molecule has 196 valence electrons. The average Bonchev–Trinajstić information content (AvgIpc) is 3.32. The van der Waals surface area contributed by atoms with Crippen LogP contribution in [-0.2, 0) is 16.0 Å². The Morgan fingerprint density at radius 3 is 2.58 bits per heavy atom. The van der Waals surface area contributed by atoms with Crippen LogP contribution in [0.2, 0.25) is 15.1 Å². The first-order valence-corrected chi connectivity index (χ1v) is 12.9. The normalized spacial score (nSPS) is 11.7. The van der Waals surface area contributed by atoms with Gasteiger partial charge in [0.1, 0.15) is 6.04 Å². The van der Waals surface area contributed by atoms with E-state index in [0.717, 1.165) is 11.1 Å². The largest absolute Gasteiger partial charge is 0.478 e. The Morgan fingerprint density at radius 2 is 1.87 bits per heavy atom. The fraction of sp³-hybridized carbons (Fsp3) is 0.185. The smallest absolute Gasteiger partial charge is 0.240 e. The van der Waals surface area contributed by atoms with E-state index in [-0.39, 0.29) is 25.4 Å². The standard InChI is InChI=1S/C27H24Cl3N5O3/c28-19-6-1-4-17(12-19)13-24(27(31)37)33-25(36)7-3-11-38-26-15-23(18-5-2-10-32-16-18)34-35(26)20-8-9-21(29)22(30)14-20/h1-2,4-6,8-10,12,14-16,24H,3,7,11,13H2,(H2,31,37)(H,33,36)/t24-/m0/s1. The van der Waals surface area contributed by atoms with Crippen molar-refractivity contribution in [1.82, 2.24) is 20.1 Å². The van der Waals surface area contributed by atoms with Crippen molar-refractivity contribution in [2.75, 3.05) is 6.61 Å². The fourth-order valence-electron chi connectivity index (χ4n) is 3.72. The number of nitrogens with zero attached hydrogens (tertiary/aromatic N) is 3. The first-order chi connectivity index (χ1) is 18.3. The zero-order valence-corrected chi connectivity index (χ0v) is 22.4. The van der Waals surface area contributed by atoms with Gasteiger partial charge in [-0.15, -0.1) is 0 Å². The monoisotopic (exact) mass is 571 g/mol. The maximum atomic E-state index is 12.5. The summed E-state index contributed by atoms with van der Waals surface area (Å²) in [6, 6.07) is 16.8. The number of hydrogen-bond acceptors (Lipinski definition) is 5. The van der Waals surface area contributed by atoms with Gasteiger partial charge in [0, 0.05) is 41.9 Å². The van der Waals surface area contributed by atoms with Crippen LogP contribution in [-0.4, -0.2) is 39.2 Å². The van der Waals surface area contributed by atoms with Crippen LogP contribution in [0.5, 0.6) is 5.88 Å². The van der Waals surface area contributed by atoms with Gasteiger partial charge in [0.05, 0.1) is 28.0 Å². The Kier molecular flexibility index (Phi) is 9.23. The summed E-state index contributed by atoms with van der Waals surface area (Å²) in [7, 11) is 0.